The van der Waals surface area contributed by atoms with Crippen molar-refractivity contribution in [1.82, 2.24) is 10.2 Å². The van der Waals surface area contributed by atoms with Gasteiger partial charge in [0.2, 0.25) is 6.41 Å². The number of likely N-dealkylation sites (tertiary alicyclic amines) is 1. The summed E-state index contributed by atoms with van der Waals surface area (Å²) in [5, 5.41) is 17.2. The van der Waals surface area contributed by atoms with Crippen LogP contribution in [0.1, 0.15) is 54.9 Å². The van der Waals surface area contributed by atoms with Gasteiger partial charge in [0.15, 0.2) is 6.10 Å². The number of benzene rings is 2. The molecular weight excluding hydrogens is 482 g/mol. The molecule has 3 fully saturated rings. The third-order valence-corrected chi connectivity index (χ3v) is 9.86. The molecule has 2 saturated carbocycles. The number of aromatic hydroxyl groups is 1. The molecular formula is C30H35N3O5. The average molecular weight is 518 g/mol. The Morgan fingerprint density at radius 1 is 1.26 bits per heavy atom. The Balaban J connectivity index is 1.27. The highest BCUT2D eigenvalue weighted by atomic mass is 16.5. The second-order valence-corrected chi connectivity index (χ2v) is 11.8. The van der Waals surface area contributed by atoms with Crippen molar-refractivity contribution in [2.75, 3.05) is 25.5 Å². The molecule has 38 heavy (non-hydrogen) atoms. The van der Waals surface area contributed by atoms with Crippen LogP contribution in [0.25, 0.3) is 0 Å². The summed E-state index contributed by atoms with van der Waals surface area (Å²) in [6.07, 6.45) is 5.77. The lowest BCUT2D eigenvalue weighted by Crippen LogP contribution is -2.69. The van der Waals surface area contributed by atoms with Crippen LogP contribution in [-0.2, 0) is 26.2 Å². The van der Waals surface area contributed by atoms with Crippen LogP contribution in [0.15, 0.2) is 36.4 Å². The van der Waals surface area contributed by atoms with E-state index in [9.17, 15) is 14.7 Å². The molecule has 0 unspecified atom stereocenters. The quantitative estimate of drug-likeness (QED) is 0.465. The zero-order chi connectivity index (χ0) is 26.0. The predicted octanol–water partition coefficient (Wildman–Crippen LogP) is 3.28. The number of phenols is 1. The number of nitrogens with zero attached hydrogens (tertiary/aromatic N) is 1. The van der Waals surface area contributed by atoms with Crippen LogP contribution in [-0.4, -0.2) is 60.7 Å². The summed E-state index contributed by atoms with van der Waals surface area (Å²) in [5.74, 6) is 1.89. The normalized spacial score (nSPS) is 31.6. The Labute approximate surface area is 222 Å². The van der Waals surface area contributed by atoms with Crippen LogP contribution >= 0.6 is 0 Å². The maximum absolute atomic E-state index is 13.5. The van der Waals surface area contributed by atoms with Crippen LogP contribution in [0, 0.1) is 11.8 Å². The van der Waals surface area contributed by atoms with Gasteiger partial charge in [-0.2, -0.15) is 0 Å². The Hall–Kier alpha value is -3.10. The number of hydrogen-bond donors (Lipinski definition) is 3. The van der Waals surface area contributed by atoms with Crippen LogP contribution in [0.3, 0.4) is 0 Å². The van der Waals surface area contributed by atoms with Crippen LogP contribution in [0.5, 0.6) is 11.5 Å². The second-order valence-electron chi connectivity index (χ2n) is 11.8. The lowest BCUT2D eigenvalue weighted by molar-refractivity contribution is -0.135. The molecule has 0 radical (unpaired) electrons. The van der Waals surface area contributed by atoms with Gasteiger partial charge >= 0.3 is 0 Å². The second kappa shape index (κ2) is 8.99. The molecule has 5 aliphatic rings. The van der Waals surface area contributed by atoms with E-state index in [1.165, 1.54) is 12.8 Å². The van der Waals surface area contributed by atoms with Crippen molar-refractivity contribution in [2.45, 2.75) is 68.2 Å². The van der Waals surface area contributed by atoms with Crippen molar-refractivity contribution in [3.05, 3.63) is 53.1 Å². The van der Waals surface area contributed by atoms with Gasteiger partial charge in [0.05, 0.1) is 11.7 Å². The maximum atomic E-state index is 13.5. The molecule has 8 nitrogen and oxygen atoms in total. The lowest BCUT2D eigenvalue weighted by Gasteiger charge is -2.59. The number of amides is 2. The van der Waals surface area contributed by atoms with Crippen molar-refractivity contribution in [2.24, 2.45) is 11.8 Å². The smallest absolute Gasteiger partial charge is 0.254 e. The van der Waals surface area contributed by atoms with Crippen molar-refractivity contribution in [3.63, 3.8) is 0 Å². The minimum Gasteiger partial charge on any atom is -0.508 e. The molecule has 2 aliphatic heterocycles. The summed E-state index contributed by atoms with van der Waals surface area (Å²) >= 11 is 0. The molecule has 2 bridgehead atoms. The molecule has 0 aromatic heterocycles. The number of carbonyl (C=O) groups is 2. The lowest BCUT2D eigenvalue weighted by atomic mass is 9.51. The molecule has 7 rings (SSSR count). The topological polar surface area (TPSA) is 100 Å². The van der Waals surface area contributed by atoms with Crippen LogP contribution in [0.2, 0.25) is 0 Å². The highest BCUT2D eigenvalue weighted by Gasteiger charge is 2.66. The Morgan fingerprint density at radius 3 is 2.82 bits per heavy atom. The summed E-state index contributed by atoms with van der Waals surface area (Å²) in [6.45, 7) is 2.11. The van der Waals surface area contributed by atoms with Crippen molar-refractivity contribution in [1.29, 1.82) is 0 Å². The van der Waals surface area contributed by atoms with E-state index in [0.29, 0.717) is 29.8 Å². The third kappa shape index (κ3) is 3.49. The summed E-state index contributed by atoms with van der Waals surface area (Å²) in [6, 6.07) is 11.3. The van der Waals surface area contributed by atoms with Crippen molar-refractivity contribution < 1.29 is 24.2 Å². The monoisotopic (exact) mass is 517 g/mol. The Bertz CT molecular complexity index is 1260. The van der Waals surface area contributed by atoms with E-state index in [2.05, 4.69) is 15.5 Å². The summed E-state index contributed by atoms with van der Waals surface area (Å²) < 4.78 is 12.4. The first-order valence-corrected chi connectivity index (χ1v) is 13.9. The minimum atomic E-state index is -0.707. The molecule has 2 aromatic rings. The van der Waals surface area contributed by atoms with Crippen LogP contribution < -0.4 is 15.4 Å². The zero-order valence-electron chi connectivity index (χ0n) is 21.7. The number of nitrogens with one attached hydrogen (secondary N) is 2. The molecule has 3 aliphatic carbocycles. The number of methoxy groups -OCH3 is 1. The molecule has 2 aromatic carbocycles. The van der Waals surface area contributed by atoms with E-state index >= 15 is 0 Å². The van der Waals surface area contributed by atoms with E-state index in [1.54, 1.807) is 13.2 Å². The van der Waals surface area contributed by atoms with Gasteiger partial charge in [-0.25, -0.2) is 0 Å². The molecule has 6 atom stereocenters. The fraction of sp³-hybridized carbons (Fsp3) is 0.533. The number of ether oxygens (including phenoxy) is 2. The maximum Gasteiger partial charge on any atom is 0.254 e. The summed E-state index contributed by atoms with van der Waals surface area (Å²) in [4.78, 5) is 27.7. The summed E-state index contributed by atoms with van der Waals surface area (Å²) in [5.41, 5.74) is 3.01. The van der Waals surface area contributed by atoms with Crippen molar-refractivity contribution >= 4 is 18.0 Å². The van der Waals surface area contributed by atoms with Gasteiger partial charge in [0.25, 0.3) is 5.91 Å². The first-order valence-electron chi connectivity index (χ1n) is 13.9. The number of rotatable bonds is 8. The van der Waals surface area contributed by atoms with Crippen molar-refractivity contribution in [3.8, 4) is 11.5 Å². The fourth-order valence-electron chi connectivity index (χ4n) is 8.17. The highest BCUT2D eigenvalue weighted by molar-refractivity contribution is 5.83. The summed E-state index contributed by atoms with van der Waals surface area (Å²) in [7, 11) is 1.56. The third-order valence-electron chi connectivity index (χ3n) is 9.86. The molecule has 2 heterocycles. The number of piperidine rings is 1. The van der Waals surface area contributed by atoms with E-state index in [4.69, 9.17) is 9.47 Å². The first kappa shape index (κ1) is 24.0. The van der Waals surface area contributed by atoms with Crippen LogP contribution in [0.4, 0.5) is 5.69 Å². The van der Waals surface area contributed by atoms with Gasteiger partial charge in [-0.05, 0) is 62.5 Å². The number of hydrogen-bond acceptors (Lipinski definition) is 6. The minimum absolute atomic E-state index is 0.175. The van der Waals surface area contributed by atoms with Gasteiger partial charge in [-0.3, -0.25) is 14.5 Å². The van der Waals surface area contributed by atoms with E-state index in [0.717, 1.165) is 61.4 Å². The predicted molar refractivity (Wildman–Crippen MR) is 141 cm³/mol. The fourth-order valence-corrected chi connectivity index (χ4v) is 8.17. The number of phenolic OH excluding ortho intramolecular Hbond substituents is 1. The van der Waals surface area contributed by atoms with Gasteiger partial charge in [0.1, 0.15) is 17.6 Å². The molecule has 8 heteroatoms. The van der Waals surface area contributed by atoms with E-state index in [-0.39, 0.29) is 29.2 Å². The van der Waals surface area contributed by atoms with Gasteiger partial charge in [-0.15, -0.1) is 0 Å². The highest BCUT2D eigenvalue weighted by Crippen LogP contribution is 2.65. The molecule has 1 spiro atoms. The Kier molecular flexibility index (Phi) is 5.67. The van der Waals surface area contributed by atoms with Gasteiger partial charge in [0, 0.05) is 42.3 Å². The molecule has 1 saturated heterocycles. The molecule has 3 N–H and O–H groups in total. The molecule has 2 amide bonds. The van der Waals surface area contributed by atoms with Gasteiger partial charge < -0.3 is 25.2 Å². The van der Waals surface area contributed by atoms with Gasteiger partial charge in [-0.1, -0.05) is 30.3 Å². The Morgan fingerprint density at radius 2 is 2.08 bits per heavy atom. The largest absolute Gasteiger partial charge is 0.508 e. The van der Waals surface area contributed by atoms with E-state index in [1.807, 2.05) is 30.3 Å². The first-order chi connectivity index (χ1) is 18.5. The standard InChI is InChI=1S/C30H35N3O5/c1-37-26(18-5-3-2-4-6-18)29(36)32-21-10-9-20-23-13-19-24(35)14-22(31-16-34)27-25(19)30(20,28(21)38-27)11-12-33(23)15-17-7-8-17/h2-6,14,16-17,20-21,23,26,28,35H,7-13,15H2,1H3,(H,31,34)(H,32,36)/t20-,21+,23+,26-,28-,30-/m0/s1. The van der Waals surface area contributed by atoms with E-state index < -0.39 is 6.10 Å². The SMILES string of the molecule is CO[C@H](C(=O)N[C@@H]1CC[C@H]2[C@H]3Cc4c(O)cc(NC=O)c5c4[C@@]2(CCN3CC2CC2)[C@H]1O5)c1ccccc1. The zero-order valence-corrected chi connectivity index (χ0v) is 21.7. The number of carbonyl (C=O) groups excluding carboxylic acids is 2. The average Bonchev–Trinajstić information content (AvgIpc) is 3.67. The number of anilines is 1. The molecule has 200 valence electrons.